The molecule has 0 aliphatic heterocycles. The van der Waals surface area contributed by atoms with E-state index in [-0.39, 0.29) is 11.6 Å². The van der Waals surface area contributed by atoms with E-state index in [4.69, 9.17) is 5.73 Å². The van der Waals surface area contributed by atoms with Crippen LogP contribution in [0.1, 0.15) is 24.8 Å². The number of aromatic nitrogens is 2. The largest absolute Gasteiger partial charge is 0.382 e. The van der Waals surface area contributed by atoms with Crippen LogP contribution in [0, 0.1) is 17.1 Å². The number of hydrogen-bond acceptors (Lipinski definition) is 4. The predicted molar refractivity (Wildman–Crippen MR) is 73.9 cm³/mol. The molecule has 1 aromatic heterocycles. The molecule has 1 aliphatic carbocycles. The molecule has 2 aromatic rings. The Hall–Kier alpha value is -2.55. The second kappa shape index (κ2) is 4.85. The Morgan fingerprint density at radius 2 is 2.05 bits per heavy atom. The average molecular weight is 271 g/mol. The van der Waals surface area contributed by atoms with Crippen LogP contribution in [-0.2, 0) is 0 Å². The molecule has 1 aliphatic rings. The Morgan fingerprint density at radius 3 is 2.60 bits per heavy atom. The van der Waals surface area contributed by atoms with Gasteiger partial charge in [0.05, 0.1) is 5.69 Å². The second-order valence-electron chi connectivity index (χ2n) is 4.88. The van der Waals surface area contributed by atoms with Gasteiger partial charge in [0.15, 0.2) is 5.82 Å². The van der Waals surface area contributed by atoms with Gasteiger partial charge in [-0.3, -0.25) is 0 Å². The summed E-state index contributed by atoms with van der Waals surface area (Å²) in [5, 5.41) is 16.8. The first-order chi connectivity index (χ1) is 9.69. The molecule has 1 heterocycles. The molecule has 0 amide bonds. The van der Waals surface area contributed by atoms with Gasteiger partial charge in [0, 0.05) is 6.04 Å². The quantitative estimate of drug-likeness (QED) is 0.898. The van der Waals surface area contributed by atoms with Gasteiger partial charge in [-0.05, 0) is 43.5 Å². The number of benzene rings is 1. The zero-order valence-electron chi connectivity index (χ0n) is 10.8. The number of nitrogens with zero attached hydrogens (tertiary/aromatic N) is 3. The highest BCUT2D eigenvalue weighted by atomic mass is 19.1. The Morgan fingerprint density at radius 1 is 1.35 bits per heavy atom. The van der Waals surface area contributed by atoms with E-state index in [9.17, 15) is 9.65 Å². The zero-order valence-corrected chi connectivity index (χ0v) is 10.8. The SMILES string of the molecule is N#Cc1c(NC2CCC2)nn(-c2ccc(F)cc2)c1N. The molecule has 1 aromatic carbocycles. The molecule has 5 nitrogen and oxygen atoms in total. The van der Waals surface area contributed by atoms with Crippen molar-refractivity contribution >= 4 is 11.6 Å². The fraction of sp³-hybridized carbons (Fsp3) is 0.286. The maximum Gasteiger partial charge on any atom is 0.168 e. The lowest BCUT2D eigenvalue weighted by Crippen LogP contribution is -2.27. The van der Waals surface area contributed by atoms with E-state index < -0.39 is 0 Å². The monoisotopic (exact) mass is 271 g/mol. The highest BCUT2D eigenvalue weighted by molar-refractivity contribution is 5.66. The smallest absolute Gasteiger partial charge is 0.168 e. The van der Waals surface area contributed by atoms with Crippen LogP contribution in [0.4, 0.5) is 16.0 Å². The summed E-state index contributed by atoms with van der Waals surface area (Å²) >= 11 is 0. The van der Waals surface area contributed by atoms with E-state index in [1.54, 1.807) is 12.1 Å². The molecule has 0 radical (unpaired) electrons. The summed E-state index contributed by atoms with van der Waals surface area (Å²) < 4.78 is 14.4. The summed E-state index contributed by atoms with van der Waals surface area (Å²) in [6.07, 6.45) is 3.34. The van der Waals surface area contributed by atoms with Crippen molar-refractivity contribution in [1.82, 2.24) is 9.78 Å². The van der Waals surface area contributed by atoms with E-state index in [1.165, 1.54) is 23.2 Å². The standard InChI is InChI=1S/C14H14FN5/c15-9-4-6-11(7-5-9)20-13(17)12(8-16)14(19-20)18-10-2-1-3-10/h4-7,10H,1-3,17H2,(H,18,19). The summed E-state index contributed by atoms with van der Waals surface area (Å²) in [4.78, 5) is 0. The van der Waals surface area contributed by atoms with Gasteiger partial charge < -0.3 is 11.1 Å². The Labute approximate surface area is 115 Å². The van der Waals surface area contributed by atoms with Crippen LogP contribution < -0.4 is 11.1 Å². The summed E-state index contributed by atoms with van der Waals surface area (Å²) in [6.45, 7) is 0. The molecule has 3 rings (SSSR count). The minimum atomic E-state index is -0.326. The van der Waals surface area contributed by atoms with Crippen LogP contribution in [0.25, 0.3) is 5.69 Å². The van der Waals surface area contributed by atoms with Gasteiger partial charge in [-0.2, -0.15) is 5.26 Å². The van der Waals surface area contributed by atoms with Gasteiger partial charge in [0.1, 0.15) is 23.3 Å². The molecule has 3 N–H and O–H groups in total. The summed E-state index contributed by atoms with van der Waals surface area (Å²) in [5.74, 6) is 0.438. The van der Waals surface area contributed by atoms with Crippen LogP contribution in [0.3, 0.4) is 0 Å². The highest BCUT2D eigenvalue weighted by Crippen LogP contribution is 2.28. The molecule has 0 spiro atoms. The molecular weight excluding hydrogens is 257 g/mol. The van der Waals surface area contributed by atoms with Gasteiger partial charge in [0.2, 0.25) is 0 Å². The number of halogens is 1. The molecule has 20 heavy (non-hydrogen) atoms. The van der Waals surface area contributed by atoms with Crippen LogP contribution in [0.2, 0.25) is 0 Å². The van der Waals surface area contributed by atoms with E-state index in [1.807, 2.05) is 0 Å². The van der Waals surface area contributed by atoms with Gasteiger partial charge in [0.25, 0.3) is 0 Å². The molecule has 1 fully saturated rings. The lowest BCUT2D eigenvalue weighted by atomic mass is 9.93. The number of nitrogens with two attached hydrogens (primary N) is 1. The molecule has 0 bridgehead atoms. The lowest BCUT2D eigenvalue weighted by Gasteiger charge is -2.26. The van der Waals surface area contributed by atoms with Crippen molar-refractivity contribution < 1.29 is 4.39 Å². The van der Waals surface area contributed by atoms with E-state index in [0.717, 1.165) is 12.8 Å². The average Bonchev–Trinajstić information content (AvgIpc) is 2.71. The first-order valence-electron chi connectivity index (χ1n) is 6.50. The highest BCUT2D eigenvalue weighted by Gasteiger charge is 2.22. The zero-order chi connectivity index (χ0) is 14.1. The Bertz CT molecular complexity index is 664. The van der Waals surface area contributed by atoms with Crippen molar-refractivity contribution in [2.75, 3.05) is 11.1 Å². The van der Waals surface area contributed by atoms with Crippen LogP contribution >= 0.6 is 0 Å². The second-order valence-corrected chi connectivity index (χ2v) is 4.88. The molecule has 6 heteroatoms. The van der Waals surface area contributed by atoms with Gasteiger partial charge in [-0.25, -0.2) is 9.07 Å². The van der Waals surface area contributed by atoms with E-state index in [0.29, 0.717) is 23.1 Å². The molecule has 1 saturated carbocycles. The fourth-order valence-corrected chi connectivity index (χ4v) is 2.17. The minimum Gasteiger partial charge on any atom is -0.382 e. The number of anilines is 2. The summed E-state index contributed by atoms with van der Waals surface area (Å²) in [5.41, 5.74) is 6.93. The molecule has 0 atom stereocenters. The minimum absolute atomic E-state index is 0.265. The molecular formula is C14H14FN5. The first-order valence-corrected chi connectivity index (χ1v) is 6.50. The maximum absolute atomic E-state index is 13.0. The van der Waals surface area contributed by atoms with Gasteiger partial charge >= 0.3 is 0 Å². The Kier molecular flexibility index (Phi) is 3.03. The molecule has 0 unspecified atom stereocenters. The van der Waals surface area contributed by atoms with Crippen LogP contribution in [0.5, 0.6) is 0 Å². The number of nitrogens with one attached hydrogen (secondary N) is 1. The first kappa shape index (κ1) is 12.5. The summed E-state index contributed by atoms with van der Waals surface area (Å²) in [6, 6.07) is 8.26. The van der Waals surface area contributed by atoms with Crippen LogP contribution in [-0.4, -0.2) is 15.8 Å². The topological polar surface area (TPSA) is 79.7 Å². The van der Waals surface area contributed by atoms with Crippen molar-refractivity contribution in [2.45, 2.75) is 25.3 Å². The summed E-state index contributed by atoms with van der Waals surface area (Å²) in [7, 11) is 0. The van der Waals surface area contributed by atoms with Gasteiger partial charge in [-0.1, -0.05) is 0 Å². The number of hydrogen-bond donors (Lipinski definition) is 2. The molecule has 0 saturated heterocycles. The number of nitriles is 1. The Balaban J connectivity index is 1.99. The van der Waals surface area contributed by atoms with Crippen LogP contribution in [0.15, 0.2) is 24.3 Å². The fourth-order valence-electron chi connectivity index (χ4n) is 2.17. The third-order valence-corrected chi connectivity index (χ3v) is 3.55. The van der Waals surface area contributed by atoms with Gasteiger partial charge in [-0.15, -0.1) is 5.10 Å². The van der Waals surface area contributed by atoms with Crippen molar-refractivity contribution in [2.24, 2.45) is 0 Å². The number of rotatable bonds is 3. The molecule has 102 valence electrons. The van der Waals surface area contributed by atoms with Crippen molar-refractivity contribution in [3.63, 3.8) is 0 Å². The van der Waals surface area contributed by atoms with E-state index in [2.05, 4.69) is 16.5 Å². The lowest BCUT2D eigenvalue weighted by molar-refractivity contribution is 0.444. The van der Waals surface area contributed by atoms with E-state index >= 15 is 0 Å². The predicted octanol–water partition coefficient (Wildman–Crippen LogP) is 2.43. The number of nitrogen functional groups attached to an aromatic ring is 1. The van der Waals surface area contributed by atoms with Crippen molar-refractivity contribution in [1.29, 1.82) is 5.26 Å². The normalized spacial score (nSPS) is 14.6. The maximum atomic E-state index is 13.0. The third kappa shape index (κ3) is 2.07. The third-order valence-electron chi connectivity index (χ3n) is 3.55. The van der Waals surface area contributed by atoms with Crippen molar-refractivity contribution in [3.8, 4) is 11.8 Å². The van der Waals surface area contributed by atoms with Crippen molar-refractivity contribution in [3.05, 3.63) is 35.6 Å².